The molecular weight excluding hydrogens is 241 g/mol. The predicted molar refractivity (Wildman–Crippen MR) is 27.4 cm³/mol. The summed E-state index contributed by atoms with van der Waals surface area (Å²) in [6.07, 6.45) is -5.90. The lowest BCUT2D eigenvalue weighted by Crippen LogP contribution is -2.55. The third kappa shape index (κ3) is 1.08. The molecule has 1 heterocycles. The zero-order valence-corrected chi connectivity index (χ0v) is 6.41. The summed E-state index contributed by atoms with van der Waals surface area (Å²) in [5.41, 5.74) is 0. The van der Waals surface area contributed by atoms with Gasteiger partial charge in [-0.3, -0.25) is 4.74 Å². The van der Waals surface area contributed by atoms with Crippen LogP contribution in [0.1, 0.15) is 0 Å². The fraction of sp³-hybridized carbons (Fsp3) is 0.800. The second kappa shape index (κ2) is 2.54. The minimum atomic E-state index is -6.24. The molecule has 0 aromatic heterocycles. The van der Waals surface area contributed by atoms with Gasteiger partial charge < -0.3 is 5.11 Å². The Labute approximate surface area is 76.4 Å². The Hall–Kier alpha value is -1.06. The van der Waals surface area contributed by atoms with Crippen molar-refractivity contribution in [2.24, 2.45) is 0 Å². The minimum absolute atomic E-state index is 2.33. The van der Waals surface area contributed by atoms with E-state index in [2.05, 4.69) is 4.74 Å². The fourth-order valence-corrected chi connectivity index (χ4v) is 0.867. The van der Waals surface area contributed by atoms with Crippen molar-refractivity contribution >= 4 is 5.97 Å². The molecule has 10 heteroatoms. The third-order valence-corrected chi connectivity index (χ3v) is 1.71. The van der Waals surface area contributed by atoms with Gasteiger partial charge in [0.15, 0.2) is 0 Å². The van der Waals surface area contributed by atoms with Crippen molar-refractivity contribution in [3.05, 3.63) is 0 Å². The van der Waals surface area contributed by atoms with Crippen LogP contribution in [0.3, 0.4) is 0 Å². The zero-order chi connectivity index (χ0) is 12.3. The third-order valence-electron chi connectivity index (χ3n) is 1.71. The molecule has 1 saturated heterocycles. The summed E-state index contributed by atoms with van der Waals surface area (Å²) in [5, 5.41) is 7.83. The molecule has 0 aliphatic carbocycles. The summed E-state index contributed by atoms with van der Waals surface area (Å²) in [4.78, 5) is 9.87. The molecule has 1 aliphatic rings. The van der Waals surface area contributed by atoms with Crippen molar-refractivity contribution in [3.63, 3.8) is 0 Å². The van der Waals surface area contributed by atoms with Crippen molar-refractivity contribution in [3.8, 4) is 0 Å². The van der Waals surface area contributed by atoms with E-state index in [0.717, 1.165) is 0 Å². The van der Waals surface area contributed by atoms with E-state index in [0.29, 0.717) is 0 Å². The molecule has 88 valence electrons. The summed E-state index contributed by atoms with van der Waals surface area (Å²) in [6, 6.07) is 0. The highest BCUT2D eigenvalue weighted by atomic mass is 19.4. The van der Waals surface area contributed by atoms with Gasteiger partial charge in [-0.2, -0.15) is 30.7 Å². The van der Waals surface area contributed by atoms with E-state index in [4.69, 9.17) is 5.11 Å². The number of carboxylic acid groups (broad SMARTS) is 1. The van der Waals surface area contributed by atoms with Gasteiger partial charge in [0.05, 0.1) is 0 Å². The molecule has 1 N–H and O–H groups in total. The van der Waals surface area contributed by atoms with Crippen LogP contribution >= 0.6 is 0 Å². The molecule has 1 fully saturated rings. The first-order chi connectivity index (χ1) is 6.40. The number of rotatable bonds is 1. The van der Waals surface area contributed by atoms with Gasteiger partial charge in [0, 0.05) is 0 Å². The average molecular weight is 242 g/mol. The zero-order valence-electron chi connectivity index (χ0n) is 6.41. The molecule has 1 aliphatic heterocycles. The van der Waals surface area contributed by atoms with Crippen molar-refractivity contribution in [2.45, 2.75) is 23.8 Å². The van der Waals surface area contributed by atoms with Crippen LogP contribution in [-0.4, -0.2) is 34.9 Å². The number of hydrogen-bond acceptors (Lipinski definition) is 2. The van der Waals surface area contributed by atoms with Crippen LogP contribution in [0.4, 0.5) is 30.7 Å². The molecule has 0 amide bonds. The lowest BCUT2D eigenvalue weighted by molar-refractivity contribution is -0.335. The molecule has 0 bridgehead atoms. The molecule has 0 aromatic rings. The molecule has 15 heavy (non-hydrogen) atoms. The topological polar surface area (TPSA) is 46.5 Å². The molecule has 0 saturated carbocycles. The highest BCUT2D eigenvalue weighted by Gasteiger charge is 2.92. The monoisotopic (exact) mass is 242 g/mol. The first kappa shape index (κ1) is 12.0. The number of carbonyl (C=O) groups is 1. The van der Waals surface area contributed by atoms with Gasteiger partial charge in [-0.15, -0.1) is 0 Å². The number of aliphatic carboxylic acids is 1. The summed E-state index contributed by atoms with van der Waals surface area (Å²) in [6.45, 7) is 0. The van der Waals surface area contributed by atoms with Crippen molar-refractivity contribution in [1.82, 2.24) is 0 Å². The SMILES string of the molecule is O=C(O)C1(F)OC(F)(F)C(F)(F)C1(F)F. The Kier molecular flexibility index (Phi) is 2.04. The van der Waals surface area contributed by atoms with Gasteiger partial charge in [0.2, 0.25) is 0 Å². The van der Waals surface area contributed by atoms with Crippen molar-refractivity contribution < 1.29 is 45.4 Å². The van der Waals surface area contributed by atoms with Crippen LogP contribution in [-0.2, 0) is 9.53 Å². The second-order valence-corrected chi connectivity index (χ2v) is 2.67. The normalized spacial score (nSPS) is 36.5. The summed E-state index contributed by atoms with van der Waals surface area (Å²) in [7, 11) is 0. The number of carboxylic acids is 1. The highest BCUT2D eigenvalue weighted by molar-refractivity contribution is 5.78. The summed E-state index contributed by atoms with van der Waals surface area (Å²) in [5.74, 6) is -21.1. The molecule has 3 nitrogen and oxygen atoms in total. The molecule has 0 spiro atoms. The van der Waals surface area contributed by atoms with Crippen LogP contribution in [0.25, 0.3) is 0 Å². The molecular formula is C5HF7O3. The Balaban J connectivity index is 3.38. The first-order valence-corrected chi connectivity index (χ1v) is 3.16. The van der Waals surface area contributed by atoms with E-state index in [9.17, 15) is 35.5 Å². The first-order valence-electron chi connectivity index (χ1n) is 3.16. The van der Waals surface area contributed by atoms with Gasteiger partial charge in [0.1, 0.15) is 0 Å². The van der Waals surface area contributed by atoms with Crippen LogP contribution in [0.15, 0.2) is 0 Å². The fourth-order valence-electron chi connectivity index (χ4n) is 0.867. The lowest BCUT2D eigenvalue weighted by atomic mass is 10.1. The maximum Gasteiger partial charge on any atom is 0.429 e. The summed E-state index contributed by atoms with van der Waals surface area (Å²) < 4.78 is 88.5. The van der Waals surface area contributed by atoms with E-state index in [1.165, 1.54) is 0 Å². The van der Waals surface area contributed by atoms with E-state index < -0.39 is 29.8 Å². The second-order valence-electron chi connectivity index (χ2n) is 2.67. The Bertz CT molecular complexity index is 314. The number of hydrogen-bond donors (Lipinski definition) is 1. The van der Waals surface area contributed by atoms with Gasteiger partial charge in [-0.05, 0) is 0 Å². The highest BCUT2D eigenvalue weighted by Crippen LogP contribution is 2.60. The Morgan fingerprint density at radius 1 is 0.933 bits per heavy atom. The Morgan fingerprint density at radius 2 is 1.33 bits per heavy atom. The molecule has 0 radical (unpaired) electrons. The van der Waals surface area contributed by atoms with E-state index in [1.807, 2.05) is 0 Å². The van der Waals surface area contributed by atoms with Gasteiger partial charge >= 0.3 is 29.8 Å². The number of alkyl halides is 7. The van der Waals surface area contributed by atoms with E-state index >= 15 is 0 Å². The summed E-state index contributed by atoms with van der Waals surface area (Å²) >= 11 is 0. The van der Waals surface area contributed by atoms with Gasteiger partial charge in [-0.1, -0.05) is 0 Å². The van der Waals surface area contributed by atoms with E-state index in [1.54, 1.807) is 0 Å². The molecule has 0 aromatic carbocycles. The molecule has 1 rings (SSSR count). The molecule has 1 atom stereocenters. The maximum atomic E-state index is 12.7. The lowest BCUT2D eigenvalue weighted by Gasteiger charge is -2.22. The predicted octanol–water partition coefficient (Wildman–Crippen LogP) is 1.63. The van der Waals surface area contributed by atoms with Crippen LogP contribution in [0.2, 0.25) is 0 Å². The average Bonchev–Trinajstić information content (AvgIpc) is 2.09. The van der Waals surface area contributed by atoms with Crippen molar-refractivity contribution in [1.29, 1.82) is 0 Å². The number of halogens is 7. The van der Waals surface area contributed by atoms with E-state index in [-0.39, 0.29) is 0 Å². The standard InChI is InChI=1S/C5HF7O3/c6-2(1(13)14)3(7,8)4(9,10)5(11,12)15-2/h(H,13,14). The Morgan fingerprint density at radius 3 is 1.47 bits per heavy atom. The van der Waals surface area contributed by atoms with Gasteiger partial charge in [-0.25, -0.2) is 4.79 Å². The van der Waals surface area contributed by atoms with Crippen LogP contribution in [0.5, 0.6) is 0 Å². The molecule has 1 unspecified atom stereocenters. The quantitative estimate of drug-likeness (QED) is 0.711. The smallest absolute Gasteiger partial charge is 0.429 e. The maximum absolute atomic E-state index is 12.7. The van der Waals surface area contributed by atoms with Gasteiger partial charge in [0.25, 0.3) is 0 Å². The minimum Gasteiger partial charge on any atom is -0.477 e. The number of ether oxygens (including phenoxy) is 1. The van der Waals surface area contributed by atoms with Crippen molar-refractivity contribution in [2.75, 3.05) is 0 Å². The largest absolute Gasteiger partial charge is 0.477 e. The van der Waals surface area contributed by atoms with Crippen LogP contribution in [0, 0.1) is 0 Å². The van der Waals surface area contributed by atoms with Crippen LogP contribution < -0.4 is 0 Å².